The number of aromatic nitrogens is 2. The first kappa shape index (κ1) is 11.2. The number of hydrogen-bond acceptors (Lipinski definition) is 5. The smallest absolute Gasteiger partial charge is 0.243 e. The van der Waals surface area contributed by atoms with Crippen molar-refractivity contribution < 1.29 is 9.26 Å². The molecule has 3 heterocycles. The van der Waals surface area contributed by atoms with Crippen molar-refractivity contribution in [2.75, 3.05) is 19.8 Å². The molecule has 0 radical (unpaired) electrons. The van der Waals surface area contributed by atoms with Gasteiger partial charge in [-0.25, -0.2) is 0 Å². The highest BCUT2D eigenvalue weighted by molar-refractivity contribution is 4.98. The summed E-state index contributed by atoms with van der Waals surface area (Å²) in [5.41, 5.74) is 0. The summed E-state index contributed by atoms with van der Waals surface area (Å²) in [7, 11) is 0. The third-order valence-electron chi connectivity index (χ3n) is 3.78. The Kier molecular flexibility index (Phi) is 3.11. The van der Waals surface area contributed by atoms with Crippen molar-refractivity contribution >= 4 is 0 Å². The second-order valence-corrected chi connectivity index (χ2v) is 4.92. The van der Waals surface area contributed by atoms with E-state index in [0.717, 1.165) is 50.7 Å². The van der Waals surface area contributed by atoms with E-state index in [1.165, 1.54) is 6.42 Å². The van der Waals surface area contributed by atoms with E-state index in [0.29, 0.717) is 12.1 Å². The van der Waals surface area contributed by atoms with E-state index in [-0.39, 0.29) is 0 Å². The molecule has 94 valence electrons. The molecule has 17 heavy (non-hydrogen) atoms. The number of hydrogen-bond donors (Lipinski definition) is 0. The molecule has 3 rings (SSSR count). The van der Waals surface area contributed by atoms with Gasteiger partial charge >= 0.3 is 0 Å². The van der Waals surface area contributed by atoms with Gasteiger partial charge in [0.15, 0.2) is 5.82 Å². The van der Waals surface area contributed by atoms with E-state index in [9.17, 15) is 0 Å². The lowest BCUT2D eigenvalue weighted by Gasteiger charge is -2.33. The highest BCUT2D eigenvalue weighted by atomic mass is 16.5. The van der Waals surface area contributed by atoms with Crippen molar-refractivity contribution in [3.63, 3.8) is 0 Å². The van der Waals surface area contributed by atoms with Gasteiger partial charge in [-0.05, 0) is 39.2 Å². The minimum absolute atomic E-state index is 0.333. The van der Waals surface area contributed by atoms with Crippen LogP contribution in [0.15, 0.2) is 4.52 Å². The van der Waals surface area contributed by atoms with Crippen LogP contribution in [0.5, 0.6) is 0 Å². The molecule has 2 aliphatic rings. The lowest BCUT2D eigenvalue weighted by Crippen LogP contribution is -2.39. The molecular weight excluding hydrogens is 218 g/mol. The van der Waals surface area contributed by atoms with Gasteiger partial charge in [-0.2, -0.15) is 4.98 Å². The lowest BCUT2D eigenvalue weighted by atomic mass is 10.1. The SMILES string of the molecule is Cc1noc([C@H]2CCCN2C2CCOCC2)n1. The maximum Gasteiger partial charge on any atom is 0.243 e. The third-order valence-corrected chi connectivity index (χ3v) is 3.78. The van der Waals surface area contributed by atoms with Crippen LogP contribution in [-0.4, -0.2) is 40.8 Å². The Balaban J connectivity index is 1.74. The molecule has 5 nitrogen and oxygen atoms in total. The Morgan fingerprint density at radius 1 is 1.24 bits per heavy atom. The lowest BCUT2D eigenvalue weighted by molar-refractivity contribution is 0.0243. The first-order valence-electron chi connectivity index (χ1n) is 6.48. The van der Waals surface area contributed by atoms with Crippen LogP contribution < -0.4 is 0 Å². The van der Waals surface area contributed by atoms with Crippen molar-refractivity contribution in [1.82, 2.24) is 15.0 Å². The van der Waals surface area contributed by atoms with Crippen molar-refractivity contribution in [3.05, 3.63) is 11.7 Å². The Morgan fingerprint density at radius 3 is 2.76 bits per heavy atom. The number of nitrogens with zero attached hydrogens (tertiary/aromatic N) is 3. The zero-order valence-electron chi connectivity index (χ0n) is 10.3. The first-order chi connectivity index (χ1) is 8.34. The molecule has 0 saturated carbocycles. The van der Waals surface area contributed by atoms with Gasteiger partial charge < -0.3 is 9.26 Å². The zero-order chi connectivity index (χ0) is 11.7. The summed E-state index contributed by atoms with van der Waals surface area (Å²) in [5.74, 6) is 1.53. The molecule has 0 N–H and O–H groups in total. The van der Waals surface area contributed by atoms with E-state index >= 15 is 0 Å². The third kappa shape index (κ3) is 2.21. The van der Waals surface area contributed by atoms with Crippen LogP contribution in [0.3, 0.4) is 0 Å². The fourth-order valence-electron chi connectivity index (χ4n) is 2.96. The summed E-state index contributed by atoms with van der Waals surface area (Å²) in [4.78, 5) is 6.92. The average molecular weight is 237 g/mol. The molecule has 1 aromatic heterocycles. The maximum atomic E-state index is 5.43. The number of aryl methyl sites for hydroxylation is 1. The van der Waals surface area contributed by atoms with E-state index in [1.54, 1.807) is 0 Å². The summed E-state index contributed by atoms with van der Waals surface area (Å²) in [6.07, 6.45) is 4.62. The van der Waals surface area contributed by atoms with Crippen LogP contribution >= 0.6 is 0 Å². The van der Waals surface area contributed by atoms with E-state index in [1.807, 2.05) is 6.92 Å². The van der Waals surface area contributed by atoms with Crippen molar-refractivity contribution in [2.24, 2.45) is 0 Å². The molecule has 2 fully saturated rings. The summed E-state index contributed by atoms with van der Waals surface area (Å²) in [5, 5.41) is 3.90. The highest BCUT2D eigenvalue weighted by Crippen LogP contribution is 2.34. The van der Waals surface area contributed by atoms with Crippen LogP contribution in [0.2, 0.25) is 0 Å². The Hall–Kier alpha value is -0.940. The minimum atomic E-state index is 0.333. The molecule has 2 saturated heterocycles. The normalized spacial score (nSPS) is 27.7. The fraction of sp³-hybridized carbons (Fsp3) is 0.833. The Labute approximate surface area is 101 Å². The molecule has 1 atom stereocenters. The maximum absolute atomic E-state index is 5.43. The quantitative estimate of drug-likeness (QED) is 0.783. The predicted octanol–water partition coefficient (Wildman–Crippen LogP) is 1.69. The van der Waals surface area contributed by atoms with Gasteiger partial charge in [0, 0.05) is 19.3 Å². The summed E-state index contributed by atoms with van der Waals surface area (Å²) in [6, 6.07) is 0.961. The molecule has 0 spiro atoms. The minimum Gasteiger partial charge on any atom is -0.381 e. The van der Waals surface area contributed by atoms with E-state index in [4.69, 9.17) is 9.26 Å². The largest absolute Gasteiger partial charge is 0.381 e. The molecule has 0 aliphatic carbocycles. The molecule has 2 aliphatic heterocycles. The topological polar surface area (TPSA) is 51.4 Å². The molecule has 0 unspecified atom stereocenters. The van der Waals surface area contributed by atoms with Crippen LogP contribution in [0, 0.1) is 6.92 Å². The second kappa shape index (κ2) is 4.74. The number of likely N-dealkylation sites (tertiary alicyclic amines) is 1. The summed E-state index contributed by atoms with van der Waals surface area (Å²) < 4.78 is 10.8. The van der Waals surface area contributed by atoms with Crippen molar-refractivity contribution in [2.45, 2.75) is 44.7 Å². The molecule has 0 aromatic carbocycles. The highest BCUT2D eigenvalue weighted by Gasteiger charge is 2.35. The fourth-order valence-corrected chi connectivity index (χ4v) is 2.96. The molecule has 5 heteroatoms. The van der Waals surface area contributed by atoms with Crippen LogP contribution in [0.25, 0.3) is 0 Å². The van der Waals surface area contributed by atoms with Crippen LogP contribution in [0.1, 0.15) is 43.4 Å². The molecule has 0 bridgehead atoms. The summed E-state index contributed by atoms with van der Waals surface area (Å²) >= 11 is 0. The van der Waals surface area contributed by atoms with Gasteiger partial charge in [0.1, 0.15) is 0 Å². The molecule has 1 aromatic rings. The monoisotopic (exact) mass is 237 g/mol. The molecule has 0 amide bonds. The van der Waals surface area contributed by atoms with E-state index in [2.05, 4.69) is 15.0 Å². The van der Waals surface area contributed by atoms with Gasteiger partial charge in [-0.15, -0.1) is 0 Å². The van der Waals surface area contributed by atoms with Gasteiger partial charge in [-0.1, -0.05) is 5.16 Å². The van der Waals surface area contributed by atoms with E-state index < -0.39 is 0 Å². The average Bonchev–Trinajstić information content (AvgIpc) is 2.98. The first-order valence-corrected chi connectivity index (χ1v) is 6.48. The second-order valence-electron chi connectivity index (χ2n) is 4.92. The Bertz CT molecular complexity index is 374. The summed E-state index contributed by atoms with van der Waals surface area (Å²) in [6.45, 7) is 4.80. The standard InChI is InChI=1S/C12H19N3O2/c1-9-13-12(17-14-9)11-3-2-6-15(11)10-4-7-16-8-5-10/h10-11H,2-8H2,1H3/t11-/m1/s1. The van der Waals surface area contributed by atoms with Crippen molar-refractivity contribution in [3.8, 4) is 0 Å². The van der Waals surface area contributed by atoms with Crippen LogP contribution in [0.4, 0.5) is 0 Å². The zero-order valence-corrected chi connectivity index (χ0v) is 10.3. The Morgan fingerprint density at radius 2 is 2.06 bits per heavy atom. The van der Waals surface area contributed by atoms with Gasteiger partial charge in [-0.3, -0.25) is 4.90 Å². The number of ether oxygens (including phenoxy) is 1. The number of rotatable bonds is 2. The van der Waals surface area contributed by atoms with Crippen molar-refractivity contribution in [1.29, 1.82) is 0 Å². The predicted molar refractivity (Wildman–Crippen MR) is 61.6 cm³/mol. The van der Waals surface area contributed by atoms with Crippen LogP contribution in [-0.2, 0) is 4.74 Å². The van der Waals surface area contributed by atoms with Gasteiger partial charge in [0.05, 0.1) is 6.04 Å². The van der Waals surface area contributed by atoms with Gasteiger partial charge in [0.2, 0.25) is 5.89 Å². The molecular formula is C12H19N3O2. The van der Waals surface area contributed by atoms with Gasteiger partial charge in [0.25, 0.3) is 0 Å².